The quantitative estimate of drug-likeness (QED) is 0.412. The third kappa shape index (κ3) is 3.14. The van der Waals surface area contributed by atoms with E-state index < -0.39 is 48.9 Å². The first-order valence-electron chi connectivity index (χ1n) is 12.2. The van der Waals surface area contributed by atoms with E-state index in [0.29, 0.717) is 18.4 Å². The zero-order chi connectivity index (χ0) is 24.6. The Labute approximate surface area is 202 Å². The van der Waals surface area contributed by atoms with Crippen molar-refractivity contribution in [3.63, 3.8) is 0 Å². The van der Waals surface area contributed by atoms with Gasteiger partial charge >= 0.3 is 5.97 Å². The van der Waals surface area contributed by atoms with Crippen molar-refractivity contribution in [2.45, 2.75) is 74.1 Å². The molecule has 0 aromatic heterocycles. The van der Waals surface area contributed by atoms with Crippen LogP contribution in [0.25, 0.3) is 0 Å². The van der Waals surface area contributed by atoms with Gasteiger partial charge in [0.1, 0.15) is 30.5 Å². The molecule has 190 valence electrons. The average Bonchev–Trinajstić information content (AvgIpc) is 3.19. The molecule has 10 nitrogen and oxygen atoms in total. The highest BCUT2D eigenvalue weighted by Gasteiger charge is 2.65. The van der Waals surface area contributed by atoms with Gasteiger partial charge in [0.15, 0.2) is 23.9 Å². The Bertz CT molecular complexity index is 1060. The predicted octanol–water partition coefficient (Wildman–Crippen LogP) is -0.192. The summed E-state index contributed by atoms with van der Waals surface area (Å²) in [4.78, 5) is 13.9. The van der Waals surface area contributed by atoms with Crippen molar-refractivity contribution in [2.75, 3.05) is 20.2 Å². The summed E-state index contributed by atoms with van der Waals surface area (Å²) in [5, 5.41) is 40.2. The van der Waals surface area contributed by atoms with Crippen molar-refractivity contribution >= 4 is 5.97 Å². The van der Waals surface area contributed by atoms with Crippen molar-refractivity contribution in [3.05, 3.63) is 35.4 Å². The molecule has 1 aromatic rings. The first-order chi connectivity index (χ1) is 16.8. The minimum absolute atomic E-state index is 0.188. The van der Waals surface area contributed by atoms with Gasteiger partial charge in [0, 0.05) is 22.9 Å². The smallest absolute Gasteiger partial charge is 0.335 e. The zero-order valence-electron chi connectivity index (χ0n) is 19.6. The molecule has 6 rings (SSSR count). The summed E-state index contributed by atoms with van der Waals surface area (Å²) in [7, 11) is 2.14. The zero-order valence-corrected chi connectivity index (χ0v) is 19.6. The lowest BCUT2D eigenvalue weighted by Crippen LogP contribution is -2.66. The highest BCUT2D eigenvalue weighted by molar-refractivity contribution is 5.73. The summed E-state index contributed by atoms with van der Waals surface area (Å²) in [5.41, 5.74) is 2.02. The fraction of sp³-hybridized carbons (Fsp3) is 0.640. The number of nitrogens with zero attached hydrogens (tertiary/aromatic N) is 1. The van der Waals surface area contributed by atoms with Gasteiger partial charge in [-0.05, 0) is 45.0 Å². The molecule has 0 amide bonds. The largest absolute Gasteiger partial charge is 0.490 e. The summed E-state index contributed by atoms with van der Waals surface area (Å²) in [6.07, 6.45) is -3.67. The average molecular weight is 490 g/mol. The van der Waals surface area contributed by atoms with Crippen LogP contribution in [0.15, 0.2) is 24.3 Å². The molecule has 1 spiro atoms. The summed E-state index contributed by atoms with van der Waals surface area (Å²) in [6, 6.07) is 4.37. The number of hydrogen-bond acceptors (Lipinski definition) is 9. The van der Waals surface area contributed by atoms with Gasteiger partial charge in [0.2, 0.25) is 0 Å². The normalized spacial score (nSPS) is 43.4. The third-order valence-corrected chi connectivity index (χ3v) is 8.52. The van der Waals surface area contributed by atoms with Crippen molar-refractivity contribution in [1.29, 1.82) is 0 Å². The lowest BCUT2D eigenvalue weighted by atomic mass is 9.53. The molecule has 2 aliphatic carbocycles. The maximum Gasteiger partial charge on any atom is 0.335 e. The minimum atomic E-state index is -1.77. The number of hydrogen-bond donors (Lipinski definition) is 4. The van der Waals surface area contributed by atoms with Crippen LogP contribution >= 0.6 is 0 Å². The van der Waals surface area contributed by atoms with Crippen LogP contribution in [-0.4, -0.2) is 100 Å². The number of piperidine rings is 1. The highest BCUT2D eigenvalue weighted by Crippen LogP contribution is 2.62. The number of aliphatic hydroxyl groups is 3. The Hall–Kier alpha value is -2.21. The Morgan fingerprint density at radius 1 is 1.20 bits per heavy atom. The monoisotopic (exact) mass is 489 g/mol. The maximum atomic E-state index is 11.6. The number of carboxylic acid groups (broad SMARTS) is 1. The van der Waals surface area contributed by atoms with Gasteiger partial charge in [-0.2, -0.15) is 0 Å². The van der Waals surface area contributed by atoms with Gasteiger partial charge in [-0.1, -0.05) is 18.2 Å². The van der Waals surface area contributed by atoms with Crippen LogP contribution in [-0.2, 0) is 26.1 Å². The van der Waals surface area contributed by atoms with Gasteiger partial charge in [0.25, 0.3) is 0 Å². The van der Waals surface area contributed by atoms with E-state index in [0.717, 1.165) is 30.7 Å². The van der Waals surface area contributed by atoms with Gasteiger partial charge in [-0.25, -0.2) is 4.79 Å². The number of likely N-dealkylation sites (N-methyl/N-ethyl adjacent to an activating group) is 1. The van der Waals surface area contributed by atoms with E-state index in [1.807, 2.05) is 19.1 Å². The third-order valence-electron chi connectivity index (χ3n) is 8.52. The Balaban J connectivity index is 1.39. The molecule has 35 heavy (non-hydrogen) atoms. The Morgan fingerprint density at radius 2 is 2.00 bits per heavy atom. The van der Waals surface area contributed by atoms with Crippen LogP contribution in [0.4, 0.5) is 0 Å². The molecule has 10 atom stereocenters. The SMILES string of the molecule is CCOc1ccc2c3c1OC1C(OC4OC(C(=O)O)C(O)C(O)C4O)C=CC4C(C2)N(C)CCC341. The standard InChI is InChI=1S/C25H31NO9/c1-3-32-14-6-4-11-10-13-12-5-7-15(22-25(12,8-9-26(13)2)16(11)20(14)34-22)33-24-19(29)17(27)18(28)21(35-24)23(30)31/h4-7,12-13,15,17-19,21-22,24,27-29H,3,8-10H2,1-2H3,(H,30,31). The molecular weight excluding hydrogens is 458 g/mol. The number of carbonyl (C=O) groups is 1. The van der Waals surface area contributed by atoms with E-state index in [2.05, 4.69) is 24.1 Å². The number of likely N-dealkylation sites (tertiary alicyclic amines) is 1. The molecule has 2 bridgehead atoms. The summed E-state index contributed by atoms with van der Waals surface area (Å²) in [5.74, 6) is 0.149. The van der Waals surface area contributed by atoms with Crippen LogP contribution < -0.4 is 9.47 Å². The maximum absolute atomic E-state index is 11.6. The molecule has 5 aliphatic rings. The molecule has 0 radical (unpaired) electrons. The molecule has 1 aromatic carbocycles. The second-order valence-corrected chi connectivity index (χ2v) is 10.2. The molecule has 10 heteroatoms. The fourth-order valence-electron chi connectivity index (χ4n) is 6.91. The van der Waals surface area contributed by atoms with E-state index in [9.17, 15) is 25.2 Å². The van der Waals surface area contributed by atoms with E-state index in [1.54, 1.807) is 0 Å². The van der Waals surface area contributed by atoms with Crippen molar-refractivity contribution < 1.29 is 44.2 Å². The molecule has 2 saturated heterocycles. The number of aliphatic carboxylic acids is 1. The van der Waals surface area contributed by atoms with E-state index in [-0.39, 0.29) is 11.3 Å². The van der Waals surface area contributed by atoms with E-state index in [1.165, 1.54) is 5.56 Å². The molecule has 0 saturated carbocycles. The van der Waals surface area contributed by atoms with E-state index >= 15 is 0 Å². The number of ether oxygens (including phenoxy) is 4. The van der Waals surface area contributed by atoms with Gasteiger partial charge in [-0.3, -0.25) is 0 Å². The van der Waals surface area contributed by atoms with Gasteiger partial charge in [0.05, 0.1) is 6.61 Å². The second-order valence-electron chi connectivity index (χ2n) is 10.2. The number of aliphatic hydroxyl groups excluding tert-OH is 3. The summed E-state index contributed by atoms with van der Waals surface area (Å²) in [6.45, 7) is 3.31. The van der Waals surface area contributed by atoms with Crippen molar-refractivity contribution in [1.82, 2.24) is 4.90 Å². The van der Waals surface area contributed by atoms with Gasteiger partial charge < -0.3 is 44.3 Å². The second kappa shape index (κ2) is 8.16. The first-order valence-corrected chi connectivity index (χ1v) is 12.2. The highest BCUT2D eigenvalue weighted by atomic mass is 16.7. The van der Waals surface area contributed by atoms with Crippen LogP contribution in [0.3, 0.4) is 0 Å². The minimum Gasteiger partial charge on any atom is -0.490 e. The summed E-state index contributed by atoms with van der Waals surface area (Å²) >= 11 is 0. The fourth-order valence-corrected chi connectivity index (χ4v) is 6.91. The van der Waals surface area contributed by atoms with Gasteiger partial charge in [-0.15, -0.1) is 0 Å². The Morgan fingerprint density at radius 3 is 2.74 bits per heavy atom. The lowest BCUT2D eigenvalue weighted by Gasteiger charge is -2.57. The number of rotatable bonds is 5. The molecule has 3 aliphatic heterocycles. The lowest BCUT2D eigenvalue weighted by molar-refractivity contribution is -0.307. The molecule has 2 fully saturated rings. The predicted molar refractivity (Wildman–Crippen MR) is 120 cm³/mol. The van der Waals surface area contributed by atoms with Crippen LogP contribution in [0, 0.1) is 5.92 Å². The van der Waals surface area contributed by atoms with E-state index in [4.69, 9.17) is 18.9 Å². The van der Waals surface area contributed by atoms with Crippen molar-refractivity contribution in [2.24, 2.45) is 5.92 Å². The molecule has 10 unspecified atom stereocenters. The number of benzene rings is 1. The molecular formula is C25H31NO9. The van der Waals surface area contributed by atoms with Crippen LogP contribution in [0.2, 0.25) is 0 Å². The summed E-state index contributed by atoms with van der Waals surface area (Å²) < 4.78 is 24.1. The Kier molecular flexibility index (Phi) is 5.41. The van der Waals surface area contributed by atoms with Crippen molar-refractivity contribution in [3.8, 4) is 11.5 Å². The van der Waals surface area contributed by atoms with Crippen LogP contribution in [0.1, 0.15) is 24.5 Å². The molecule has 3 heterocycles. The topological polar surface area (TPSA) is 138 Å². The number of carboxylic acids is 1. The first kappa shape index (κ1) is 23.2. The van der Waals surface area contributed by atoms with Crippen LogP contribution in [0.5, 0.6) is 11.5 Å². The molecule has 4 N–H and O–H groups in total.